The van der Waals surface area contributed by atoms with Crippen molar-refractivity contribution in [2.75, 3.05) is 6.54 Å². The molecule has 4 nitrogen and oxygen atoms in total. The maximum atomic E-state index is 12.4. The molecule has 3 N–H and O–H groups in total. The van der Waals surface area contributed by atoms with E-state index in [9.17, 15) is 21.6 Å². The number of alkyl halides is 3. The number of rotatable bonds is 5. The highest BCUT2D eigenvalue weighted by molar-refractivity contribution is 7.89. The second-order valence-corrected chi connectivity index (χ2v) is 7.42. The Morgan fingerprint density at radius 1 is 1.13 bits per heavy atom. The summed E-state index contributed by atoms with van der Waals surface area (Å²) in [6, 6.07) is 4.77. The van der Waals surface area contributed by atoms with Crippen molar-refractivity contribution >= 4 is 22.4 Å². The Morgan fingerprint density at radius 3 is 2.09 bits per heavy atom. The average Bonchev–Trinajstić information content (AvgIpc) is 2.86. The van der Waals surface area contributed by atoms with E-state index in [1.54, 1.807) is 0 Å². The Hall–Kier alpha value is -0.830. The lowest BCUT2D eigenvalue weighted by Gasteiger charge is -2.28. The Bertz CT molecular complexity index is 612. The van der Waals surface area contributed by atoms with E-state index in [1.807, 2.05) is 0 Å². The van der Waals surface area contributed by atoms with E-state index in [0.717, 1.165) is 12.8 Å². The number of halogens is 4. The van der Waals surface area contributed by atoms with Crippen LogP contribution in [0.2, 0.25) is 0 Å². The summed E-state index contributed by atoms with van der Waals surface area (Å²) in [4.78, 5) is -0.0434. The third-order valence-electron chi connectivity index (χ3n) is 3.94. The van der Waals surface area contributed by atoms with Gasteiger partial charge in [0, 0.05) is 12.1 Å². The minimum atomic E-state index is -4.31. The van der Waals surface area contributed by atoms with Crippen molar-refractivity contribution in [2.45, 2.75) is 48.7 Å². The zero-order chi connectivity index (χ0) is 16.4. The van der Waals surface area contributed by atoms with Crippen LogP contribution in [0.5, 0.6) is 0 Å². The van der Waals surface area contributed by atoms with Gasteiger partial charge in [-0.05, 0) is 30.5 Å². The number of benzene rings is 1. The zero-order valence-electron chi connectivity index (χ0n) is 12.4. The second-order valence-electron chi connectivity index (χ2n) is 5.73. The van der Waals surface area contributed by atoms with E-state index in [2.05, 4.69) is 4.72 Å². The summed E-state index contributed by atoms with van der Waals surface area (Å²) >= 11 is 0. The third-order valence-corrected chi connectivity index (χ3v) is 5.54. The van der Waals surface area contributed by atoms with Crippen LogP contribution in [0.1, 0.15) is 31.2 Å². The molecule has 9 heteroatoms. The first-order valence-electron chi connectivity index (χ1n) is 7.06. The van der Waals surface area contributed by atoms with Crippen LogP contribution in [0.15, 0.2) is 29.2 Å². The molecule has 2 rings (SSSR count). The van der Waals surface area contributed by atoms with Crippen molar-refractivity contribution in [1.29, 1.82) is 0 Å². The molecular formula is C14H20ClF3N2O2S. The lowest BCUT2D eigenvalue weighted by molar-refractivity contribution is -0.127. The topological polar surface area (TPSA) is 72.2 Å². The highest BCUT2D eigenvalue weighted by Crippen LogP contribution is 2.30. The van der Waals surface area contributed by atoms with Crippen LogP contribution in [0.25, 0.3) is 0 Å². The van der Waals surface area contributed by atoms with E-state index in [1.165, 1.54) is 24.3 Å². The molecule has 1 aromatic carbocycles. The van der Waals surface area contributed by atoms with Gasteiger partial charge in [-0.2, -0.15) is 13.2 Å². The standard InChI is InChI=1S/C14H19F3N2O2S.ClH/c15-14(16,17)9-11-3-5-12(6-4-11)22(20,21)19-13(10-18)7-1-2-8-13;/h3-6,19H,1-2,7-10,18H2;1H. The van der Waals surface area contributed by atoms with Gasteiger partial charge in [0.25, 0.3) is 0 Å². The summed E-state index contributed by atoms with van der Waals surface area (Å²) in [5, 5.41) is 0. The lowest BCUT2D eigenvalue weighted by atomic mass is 10.0. The summed E-state index contributed by atoms with van der Waals surface area (Å²) in [6.07, 6.45) is -2.22. The lowest BCUT2D eigenvalue weighted by Crippen LogP contribution is -2.51. The van der Waals surface area contributed by atoms with Gasteiger partial charge in [0.1, 0.15) is 0 Å². The Kier molecular flexibility index (Phi) is 6.48. The first-order valence-corrected chi connectivity index (χ1v) is 8.54. The van der Waals surface area contributed by atoms with E-state index in [4.69, 9.17) is 5.73 Å². The SMILES string of the molecule is Cl.NCC1(NS(=O)(=O)c2ccc(CC(F)(F)F)cc2)CCCC1. The number of hydrogen-bond acceptors (Lipinski definition) is 3. The molecule has 0 unspecified atom stereocenters. The molecule has 0 aliphatic heterocycles. The number of sulfonamides is 1. The number of nitrogens with two attached hydrogens (primary N) is 1. The highest BCUT2D eigenvalue weighted by atomic mass is 35.5. The van der Waals surface area contributed by atoms with Crippen molar-refractivity contribution in [3.63, 3.8) is 0 Å². The fraction of sp³-hybridized carbons (Fsp3) is 0.571. The van der Waals surface area contributed by atoms with Gasteiger partial charge in [-0.15, -0.1) is 12.4 Å². The molecule has 0 heterocycles. The van der Waals surface area contributed by atoms with Gasteiger partial charge >= 0.3 is 6.18 Å². The quantitative estimate of drug-likeness (QED) is 0.834. The first kappa shape index (κ1) is 20.2. The van der Waals surface area contributed by atoms with Crippen LogP contribution in [0.4, 0.5) is 13.2 Å². The second kappa shape index (κ2) is 7.38. The monoisotopic (exact) mass is 372 g/mol. The summed E-state index contributed by atoms with van der Waals surface area (Å²) in [5.41, 5.74) is 5.09. The molecule has 0 bridgehead atoms. The van der Waals surface area contributed by atoms with Crippen LogP contribution in [-0.4, -0.2) is 26.7 Å². The molecule has 1 saturated carbocycles. The molecule has 1 aliphatic rings. The van der Waals surface area contributed by atoms with Gasteiger partial charge in [0.2, 0.25) is 10.0 Å². The van der Waals surface area contributed by atoms with Crippen LogP contribution >= 0.6 is 12.4 Å². The van der Waals surface area contributed by atoms with E-state index < -0.39 is 28.2 Å². The maximum Gasteiger partial charge on any atom is 0.393 e. The minimum Gasteiger partial charge on any atom is -0.329 e. The smallest absolute Gasteiger partial charge is 0.329 e. The van der Waals surface area contributed by atoms with Crippen molar-refractivity contribution in [3.8, 4) is 0 Å². The molecular weight excluding hydrogens is 353 g/mol. The molecule has 0 saturated heterocycles. The first-order chi connectivity index (χ1) is 10.2. The molecule has 0 amide bonds. The average molecular weight is 373 g/mol. The Morgan fingerprint density at radius 2 is 1.65 bits per heavy atom. The zero-order valence-corrected chi connectivity index (χ0v) is 14.0. The Balaban J connectivity index is 0.00000264. The fourth-order valence-electron chi connectivity index (χ4n) is 2.76. The Labute approximate surface area is 140 Å². The molecule has 132 valence electrons. The molecule has 1 fully saturated rings. The van der Waals surface area contributed by atoms with Gasteiger partial charge in [0.05, 0.1) is 11.3 Å². The van der Waals surface area contributed by atoms with Crippen molar-refractivity contribution in [3.05, 3.63) is 29.8 Å². The number of hydrogen-bond donors (Lipinski definition) is 2. The molecule has 0 atom stereocenters. The molecule has 0 radical (unpaired) electrons. The number of nitrogens with one attached hydrogen (secondary N) is 1. The fourth-order valence-corrected chi connectivity index (χ4v) is 4.23. The molecule has 0 spiro atoms. The minimum absolute atomic E-state index is 0. The van der Waals surface area contributed by atoms with Gasteiger partial charge in [0.15, 0.2) is 0 Å². The molecule has 1 aromatic rings. The van der Waals surface area contributed by atoms with Crippen LogP contribution in [0, 0.1) is 0 Å². The van der Waals surface area contributed by atoms with Crippen molar-refractivity contribution < 1.29 is 21.6 Å². The van der Waals surface area contributed by atoms with Crippen molar-refractivity contribution in [2.24, 2.45) is 5.73 Å². The van der Waals surface area contributed by atoms with Crippen molar-refractivity contribution in [1.82, 2.24) is 4.72 Å². The normalized spacial score (nSPS) is 17.7. The van der Waals surface area contributed by atoms with Gasteiger partial charge in [-0.25, -0.2) is 13.1 Å². The van der Waals surface area contributed by atoms with E-state index in [0.29, 0.717) is 12.8 Å². The van der Waals surface area contributed by atoms with Gasteiger partial charge < -0.3 is 5.73 Å². The maximum absolute atomic E-state index is 12.4. The van der Waals surface area contributed by atoms with Crippen LogP contribution < -0.4 is 10.5 Å². The molecule has 0 aromatic heterocycles. The molecule has 23 heavy (non-hydrogen) atoms. The van der Waals surface area contributed by atoms with E-state index in [-0.39, 0.29) is 29.4 Å². The predicted molar refractivity (Wildman–Crippen MR) is 84.0 cm³/mol. The largest absolute Gasteiger partial charge is 0.393 e. The predicted octanol–water partition coefficient (Wildman–Crippen LogP) is 2.76. The highest BCUT2D eigenvalue weighted by Gasteiger charge is 2.36. The summed E-state index contributed by atoms with van der Waals surface area (Å²) < 4.78 is 64.2. The van der Waals surface area contributed by atoms with Gasteiger partial charge in [-0.3, -0.25) is 0 Å². The third kappa shape index (κ3) is 5.34. The summed E-state index contributed by atoms with van der Waals surface area (Å²) in [6.45, 7) is 0.207. The molecule has 1 aliphatic carbocycles. The van der Waals surface area contributed by atoms with E-state index >= 15 is 0 Å². The summed E-state index contributed by atoms with van der Waals surface area (Å²) in [7, 11) is -3.79. The van der Waals surface area contributed by atoms with Crippen LogP contribution in [0.3, 0.4) is 0 Å². The van der Waals surface area contributed by atoms with Gasteiger partial charge in [-0.1, -0.05) is 25.0 Å². The summed E-state index contributed by atoms with van der Waals surface area (Å²) in [5.74, 6) is 0. The van der Waals surface area contributed by atoms with Crippen LogP contribution in [-0.2, 0) is 16.4 Å².